The highest BCUT2D eigenvalue weighted by Gasteiger charge is 2.20. The summed E-state index contributed by atoms with van der Waals surface area (Å²) < 4.78 is 2.26. The van der Waals surface area contributed by atoms with Crippen molar-refractivity contribution in [2.24, 2.45) is 0 Å². The van der Waals surface area contributed by atoms with Crippen molar-refractivity contribution in [1.82, 2.24) is 14.5 Å². The molecule has 3 heteroatoms. The van der Waals surface area contributed by atoms with E-state index >= 15 is 0 Å². The molecule has 2 aromatic heterocycles. The average molecular weight is 900 g/mol. The first kappa shape index (κ1) is 39.5. The van der Waals surface area contributed by atoms with Crippen molar-refractivity contribution >= 4 is 97.3 Å². The predicted molar refractivity (Wildman–Crippen MR) is 301 cm³/mol. The molecule has 0 aliphatic carbocycles. The zero-order chi connectivity index (χ0) is 46.6. The van der Waals surface area contributed by atoms with Crippen LogP contribution in [0.25, 0.3) is 148 Å². The lowest BCUT2D eigenvalue weighted by Gasteiger charge is -2.17. The van der Waals surface area contributed by atoms with Crippen LogP contribution in [0.3, 0.4) is 0 Å². The molecule has 0 aliphatic heterocycles. The molecule has 0 aliphatic rings. The second-order valence-electron chi connectivity index (χ2n) is 18.8. The first-order valence-electron chi connectivity index (χ1n) is 24.4. The average Bonchev–Trinajstić information content (AvgIpc) is 3.85. The molecule has 0 atom stereocenters. The Balaban J connectivity index is 0.978. The topological polar surface area (TPSA) is 30.7 Å². The van der Waals surface area contributed by atoms with Gasteiger partial charge in [-0.15, -0.1) is 0 Å². The van der Waals surface area contributed by atoms with Gasteiger partial charge in [0.15, 0.2) is 0 Å². The number of nitrogens with zero attached hydrogens (tertiary/aromatic N) is 3. The second-order valence-corrected chi connectivity index (χ2v) is 18.8. The monoisotopic (exact) mass is 899 g/mol. The highest BCUT2D eigenvalue weighted by molar-refractivity contribution is 6.27. The van der Waals surface area contributed by atoms with Crippen molar-refractivity contribution in [3.8, 4) is 50.6 Å². The Morgan fingerprint density at radius 2 is 0.676 bits per heavy atom. The summed E-state index contributed by atoms with van der Waals surface area (Å²) in [6, 6.07) is 90.7. The van der Waals surface area contributed by atoms with E-state index in [1.165, 1.54) is 64.6 Å². The van der Waals surface area contributed by atoms with Gasteiger partial charge >= 0.3 is 0 Å². The zero-order valence-electron chi connectivity index (χ0n) is 38.5. The molecule has 15 aromatic rings. The van der Waals surface area contributed by atoms with Crippen LogP contribution in [0.4, 0.5) is 0 Å². The van der Waals surface area contributed by atoms with Crippen LogP contribution < -0.4 is 0 Å². The highest BCUT2D eigenvalue weighted by atomic mass is 15.1. The van der Waals surface area contributed by atoms with E-state index in [4.69, 9.17) is 9.97 Å². The van der Waals surface area contributed by atoms with Crippen LogP contribution in [0.5, 0.6) is 0 Å². The number of fused-ring (bicyclic) bond motifs is 16. The Morgan fingerprint density at radius 3 is 1.27 bits per heavy atom. The summed E-state index contributed by atoms with van der Waals surface area (Å²) in [5.41, 5.74) is 11.8. The van der Waals surface area contributed by atoms with E-state index in [-0.39, 0.29) is 0 Å². The molecular formula is C68H41N3. The van der Waals surface area contributed by atoms with Gasteiger partial charge in [-0.05, 0) is 141 Å². The molecule has 0 unspecified atom stereocenters. The SMILES string of the molecule is c1ccc(-n2c(-c3ccc(-c4cc5c(-c6ccc7c8ccccc8c8ccccc8c7c6)cc(-c6ccc7c8ccccc8c8ccccc8c7c6)nc5c5ccccc45)cc3)nc3ccccc32)cc1. The molecule has 0 fully saturated rings. The molecule has 0 N–H and O–H groups in total. The summed E-state index contributed by atoms with van der Waals surface area (Å²) >= 11 is 0. The number of hydrogen-bond donors (Lipinski definition) is 0. The highest BCUT2D eigenvalue weighted by Crippen LogP contribution is 2.44. The normalized spacial score (nSPS) is 11.9. The Bertz CT molecular complexity index is 4610. The summed E-state index contributed by atoms with van der Waals surface area (Å²) in [6.07, 6.45) is 0. The van der Waals surface area contributed by atoms with Crippen molar-refractivity contribution in [3.05, 3.63) is 249 Å². The summed E-state index contributed by atoms with van der Waals surface area (Å²) in [7, 11) is 0. The van der Waals surface area contributed by atoms with Crippen LogP contribution in [-0.2, 0) is 0 Å². The largest absolute Gasteiger partial charge is 0.292 e. The third kappa shape index (κ3) is 6.10. The van der Waals surface area contributed by atoms with Gasteiger partial charge in [-0.25, -0.2) is 9.97 Å². The molecule has 0 saturated heterocycles. The fourth-order valence-corrected chi connectivity index (χ4v) is 11.7. The number of para-hydroxylation sites is 3. The Kier molecular flexibility index (Phi) is 8.66. The van der Waals surface area contributed by atoms with E-state index in [1.807, 2.05) is 0 Å². The van der Waals surface area contributed by atoms with Gasteiger partial charge in [-0.3, -0.25) is 4.57 Å². The second kappa shape index (κ2) is 15.5. The third-order valence-electron chi connectivity index (χ3n) is 14.9. The molecule has 328 valence electrons. The lowest BCUT2D eigenvalue weighted by Crippen LogP contribution is -1.97. The van der Waals surface area contributed by atoms with Crippen molar-refractivity contribution in [1.29, 1.82) is 0 Å². The van der Waals surface area contributed by atoms with Gasteiger partial charge in [0.2, 0.25) is 0 Å². The summed E-state index contributed by atoms with van der Waals surface area (Å²) in [5, 5.41) is 18.5. The maximum atomic E-state index is 5.70. The Hall–Kier alpha value is -9.44. The third-order valence-corrected chi connectivity index (χ3v) is 14.9. The number of aromatic nitrogens is 3. The van der Waals surface area contributed by atoms with Crippen LogP contribution in [-0.4, -0.2) is 14.5 Å². The molecule has 15 rings (SSSR count). The molecule has 0 saturated carbocycles. The molecule has 0 bridgehead atoms. The van der Waals surface area contributed by atoms with Crippen molar-refractivity contribution < 1.29 is 0 Å². The van der Waals surface area contributed by atoms with Gasteiger partial charge in [0, 0.05) is 27.6 Å². The maximum Gasteiger partial charge on any atom is 0.145 e. The summed E-state index contributed by atoms with van der Waals surface area (Å²) in [6.45, 7) is 0. The van der Waals surface area contributed by atoms with E-state index in [1.54, 1.807) is 0 Å². The van der Waals surface area contributed by atoms with E-state index < -0.39 is 0 Å². The van der Waals surface area contributed by atoms with Gasteiger partial charge in [0.1, 0.15) is 5.82 Å². The first-order chi connectivity index (χ1) is 35.2. The van der Waals surface area contributed by atoms with Gasteiger partial charge in [0.05, 0.1) is 22.2 Å². The standard InChI is InChI=1S/C68H41N3/c1-2-16-46(17-3-1)71-66-29-15-14-28-64(66)70-68(71)43-32-30-42(31-33-43)59-40-63-60(44-34-36-56-51-22-6-4-18-47(51)49-20-8-10-24-53(49)61(56)38-44)41-65(69-67(63)58-27-13-12-26-55(58)59)45-35-37-57-52-23-7-5-19-48(52)50-21-9-11-25-54(50)62(57)39-45/h1-41H. The number of pyridine rings is 1. The van der Waals surface area contributed by atoms with Crippen LogP contribution >= 0.6 is 0 Å². The van der Waals surface area contributed by atoms with Gasteiger partial charge < -0.3 is 0 Å². The van der Waals surface area contributed by atoms with Crippen LogP contribution in [0.1, 0.15) is 0 Å². The van der Waals surface area contributed by atoms with Crippen molar-refractivity contribution in [2.75, 3.05) is 0 Å². The van der Waals surface area contributed by atoms with Gasteiger partial charge in [-0.1, -0.05) is 200 Å². The van der Waals surface area contributed by atoms with E-state index in [0.717, 1.165) is 83.3 Å². The lowest BCUT2D eigenvalue weighted by molar-refractivity contribution is 1.10. The number of hydrogen-bond acceptors (Lipinski definition) is 2. The molecule has 71 heavy (non-hydrogen) atoms. The van der Waals surface area contributed by atoms with Crippen molar-refractivity contribution in [3.63, 3.8) is 0 Å². The minimum atomic E-state index is 0.915. The predicted octanol–water partition coefficient (Wildman–Crippen LogP) is 18.3. The fourth-order valence-electron chi connectivity index (χ4n) is 11.7. The van der Waals surface area contributed by atoms with Gasteiger partial charge in [0.25, 0.3) is 0 Å². The number of imidazole rings is 1. The maximum absolute atomic E-state index is 5.70. The van der Waals surface area contributed by atoms with Crippen molar-refractivity contribution in [2.45, 2.75) is 0 Å². The molecule has 2 heterocycles. The van der Waals surface area contributed by atoms with E-state index in [0.29, 0.717) is 0 Å². The molecular weight excluding hydrogens is 859 g/mol. The summed E-state index contributed by atoms with van der Waals surface area (Å²) in [4.78, 5) is 10.9. The fraction of sp³-hybridized carbons (Fsp3) is 0. The smallest absolute Gasteiger partial charge is 0.145 e. The first-order valence-corrected chi connectivity index (χ1v) is 24.4. The Labute approximate surface area is 409 Å². The summed E-state index contributed by atoms with van der Waals surface area (Å²) in [5.74, 6) is 0.915. The minimum absolute atomic E-state index is 0.915. The van der Waals surface area contributed by atoms with E-state index in [2.05, 4.69) is 253 Å². The van der Waals surface area contributed by atoms with Gasteiger partial charge in [-0.2, -0.15) is 0 Å². The number of rotatable bonds is 5. The quantitative estimate of drug-likeness (QED) is 0.161. The molecule has 0 spiro atoms. The van der Waals surface area contributed by atoms with Crippen LogP contribution in [0, 0.1) is 0 Å². The molecule has 0 radical (unpaired) electrons. The molecule has 3 nitrogen and oxygen atoms in total. The van der Waals surface area contributed by atoms with Crippen LogP contribution in [0.15, 0.2) is 249 Å². The molecule has 13 aromatic carbocycles. The lowest BCUT2D eigenvalue weighted by atomic mass is 9.88. The zero-order valence-corrected chi connectivity index (χ0v) is 38.5. The minimum Gasteiger partial charge on any atom is -0.292 e. The van der Waals surface area contributed by atoms with E-state index in [9.17, 15) is 0 Å². The number of benzene rings is 13. The Morgan fingerprint density at radius 1 is 0.254 bits per heavy atom. The molecule has 0 amide bonds. The van der Waals surface area contributed by atoms with Crippen LogP contribution in [0.2, 0.25) is 0 Å².